The summed E-state index contributed by atoms with van der Waals surface area (Å²) in [7, 11) is 2.10. The SMILES string of the molecule is CN[C@@]1(c2ccccc2Cl)CCCC[C@@H]1N[C@H]1CCCc2ccccc21. The van der Waals surface area contributed by atoms with Crippen molar-refractivity contribution < 1.29 is 0 Å². The van der Waals surface area contributed by atoms with E-state index in [-0.39, 0.29) is 5.54 Å². The van der Waals surface area contributed by atoms with Crippen molar-refractivity contribution in [2.75, 3.05) is 7.05 Å². The summed E-state index contributed by atoms with van der Waals surface area (Å²) in [6.45, 7) is 0. The first-order valence-electron chi connectivity index (χ1n) is 10.0. The van der Waals surface area contributed by atoms with Gasteiger partial charge in [0.1, 0.15) is 0 Å². The average molecular weight is 369 g/mol. The number of rotatable bonds is 4. The molecule has 0 bridgehead atoms. The molecule has 0 radical (unpaired) electrons. The first-order chi connectivity index (χ1) is 12.7. The van der Waals surface area contributed by atoms with Crippen LogP contribution in [-0.2, 0) is 12.0 Å². The van der Waals surface area contributed by atoms with Crippen molar-refractivity contribution in [3.63, 3.8) is 0 Å². The minimum Gasteiger partial charge on any atom is -0.309 e. The fraction of sp³-hybridized carbons (Fsp3) is 0.478. The van der Waals surface area contributed by atoms with E-state index in [2.05, 4.69) is 54.1 Å². The van der Waals surface area contributed by atoms with Crippen molar-refractivity contribution in [2.45, 2.75) is 62.6 Å². The summed E-state index contributed by atoms with van der Waals surface area (Å²) in [5.74, 6) is 0. The topological polar surface area (TPSA) is 24.1 Å². The van der Waals surface area contributed by atoms with Gasteiger partial charge in [0.2, 0.25) is 0 Å². The highest BCUT2D eigenvalue weighted by Crippen LogP contribution is 2.42. The Morgan fingerprint density at radius 2 is 1.77 bits per heavy atom. The van der Waals surface area contributed by atoms with Crippen LogP contribution in [0.15, 0.2) is 48.5 Å². The van der Waals surface area contributed by atoms with Gasteiger partial charge in [-0.2, -0.15) is 0 Å². The lowest BCUT2D eigenvalue weighted by atomic mass is 9.72. The number of hydrogen-bond acceptors (Lipinski definition) is 2. The summed E-state index contributed by atoms with van der Waals surface area (Å²) in [4.78, 5) is 0. The molecule has 3 heteroatoms. The van der Waals surface area contributed by atoms with Crippen LogP contribution in [0.2, 0.25) is 5.02 Å². The number of hydrogen-bond donors (Lipinski definition) is 2. The molecule has 26 heavy (non-hydrogen) atoms. The third-order valence-corrected chi connectivity index (χ3v) is 6.81. The molecule has 2 nitrogen and oxygen atoms in total. The zero-order valence-corrected chi connectivity index (χ0v) is 16.4. The lowest BCUT2D eigenvalue weighted by molar-refractivity contribution is 0.161. The monoisotopic (exact) mass is 368 g/mol. The standard InChI is InChI=1S/C23H29ClN2/c1-25-23(19-12-4-5-13-20(19)24)16-7-6-15-22(23)26-21-14-8-10-17-9-2-3-11-18(17)21/h2-5,9,11-13,21-22,25-26H,6-8,10,14-16H2,1H3/t21-,22-,23+/m0/s1. The molecule has 2 aromatic rings. The van der Waals surface area contributed by atoms with Gasteiger partial charge in [-0.3, -0.25) is 0 Å². The first-order valence-corrected chi connectivity index (χ1v) is 10.4. The molecule has 0 aromatic heterocycles. The minimum atomic E-state index is -0.0943. The van der Waals surface area contributed by atoms with Crippen LogP contribution in [0.5, 0.6) is 0 Å². The van der Waals surface area contributed by atoms with Gasteiger partial charge >= 0.3 is 0 Å². The third-order valence-electron chi connectivity index (χ3n) is 6.48. The molecule has 138 valence electrons. The van der Waals surface area contributed by atoms with E-state index < -0.39 is 0 Å². The van der Waals surface area contributed by atoms with E-state index in [1.165, 1.54) is 55.2 Å². The highest BCUT2D eigenvalue weighted by atomic mass is 35.5. The van der Waals surface area contributed by atoms with Crippen molar-refractivity contribution in [3.05, 3.63) is 70.2 Å². The van der Waals surface area contributed by atoms with E-state index in [0.717, 1.165) is 11.4 Å². The summed E-state index contributed by atoms with van der Waals surface area (Å²) in [5.41, 5.74) is 4.15. The maximum absolute atomic E-state index is 6.65. The van der Waals surface area contributed by atoms with Crippen LogP contribution >= 0.6 is 11.6 Å². The van der Waals surface area contributed by atoms with Crippen molar-refractivity contribution in [1.29, 1.82) is 0 Å². The number of nitrogens with one attached hydrogen (secondary N) is 2. The predicted octanol–water partition coefficient (Wildman–Crippen LogP) is 5.36. The van der Waals surface area contributed by atoms with E-state index in [1.807, 2.05) is 12.1 Å². The van der Waals surface area contributed by atoms with Gasteiger partial charge in [-0.05, 0) is 61.9 Å². The number of halogens is 1. The molecule has 0 aliphatic heterocycles. The quantitative estimate of drug-likeness (QED) is 0.758. The van der Waals surface area contributed by atoms with Crippen LogP contribution in [0.1, 0.15) is 61.3 Å². The maximum Gasteiger partial charge on any atom is 0.0602 e. The second-order valence-corrected chi connectivity index (χ2v) is 8.22. The zero-order valence-electron chi connectivity index (χ0n) is 15.6. The van der Waals surface area contributed by atoms with Crippen molar-refractivity contribution >= 4 is 11.6 Å². The molecule has 1 saturated carbocycles. The Morgan fingerprint density at radius 1 is 0.962 bits per heavy atom. The highest BCUT2D eigenvalue weighted by molar-refractivity contribution is 6.31. The van der Waals surface area contributed by atoms with Crippen molar-refractivity contribution in [1.82, 2.24) is 10.6 Å². The molecule has 0 amide bonds. The minimum absolute atomic E-state index is 0.0943. The molecule has 2 aromatic carbocycles. The fourth-order valence-corrected chi connectivity index (χ4v) is 5.45. The van der Waals surface area contributed by atoms with E-state index in [1.54, 1.807) is 0 Å². The second kappa shape index (κ2) is 7.72. The molecule has 2 N–H and O–H groups in total. The summed E-state index contributed by atoms with van der Waals surface area (Å²) in [6, 6.07) is 18.2. The van der Waals surface area contributed by atoms with Crippen molar-refractivity contribution in [2.24, 2.45) is 0 Å². The van der Waals surface area contributed by atoms with Gasteiger partial charge in [-0.15, -0.1) is 0 Å². The summed E-state index contributed by atoms with van der Waals surface area (Å²) >= 11 is 6.65. The largest absolute Gasteiger partial charge is 0.309 e. The molecular weight excluding hydrogens is 340 g/mol. The second-order valence-electron chi connectivity index (χ2n) is 7.81. The van der Waals surface area contributed by atoms with Crippen LogP contribution in [-0.4, -0.2) is 13.1 Å². The lowest BCUT2D eigenvalue weighted by Gasteiger charge is -2.47. The number of likely N-dealkylation sites (N-methyl/N-ethyl adjacent to an activating group) is 1. The van der Waals surface area contributed by atoms with Crippen LogP contribution < -0.4 is 10.6 Å². The van der Waals surface area contributed by atoms with Crippen LogP contribution in [0, 0.1) is 0 Å². The van der Waals surface area contributed by atoms with Crippen LogP contribution in [0.4, 0.5) is 0 Å². The van der Waals surface area contributed by atoms with Gasteiger partial charge < -0.3 is 10.6 Å². The molecule has 4 rings (SSSR count). The molecule has 0 saturated heterocycles. The Kier molecular flexibility index (Phi) is 5.35. The molecular formula is C23H29ClN2. The Balaban J connectivity index is 1.67. The maximum atomic E-state index is 6.65. The Bertz CT molecular complexity index is 759. The van der Waals surface area contributed by atoms with E-state index >= 15 is 0 Å². The van der Waals surface area contributed by atoms with Gasteiger partial charge in [0, 0.05) is 17.1 Å². The Labute approximate surface area is 162 Å². The predicted molar refractivity (Wildman–Crippen MR) is 110 cm³/mol. The molecule has 3 atom stereocenters. The van der Waals surface area contributed by atoms with E-state index in [4.69, 9.17) is 11.6 Å². The van der Waals surface area contributed by atoms with Gasteiger partial charge in [0.15, 0.2) is 0 Å². The molecule has 2 aliphatic rings. The smallest absolute Gasteiger partial charge is 0.0602 e. The zero-order chi connectivity index (χ0) is 18.0. The third kappa shape index (κ3) is 3.19. The molecule has 2 aliphatic carbocycles. The molecule has 0 heterocycles. The summed E-state index contributed by atoms with van der Waals surface area (Å²) in [6.07, 6.45) is 8.52. The molecule has 0 unspecified atom stereocenters. The first kappa shape index (κ1) is 18.0. The number of fused-ring (bicyclic) bond motifs is 1. The number of benzene rings is 2. The average Bonchev–Trinajstić information content (AvgIpc) is 2.69. The highest BCUT2D eigenvalue weighted by Gasteiger charge is 2.43. The van der Waals surface area contributed by atoms with E-state index in [9.17, 15) is 0 Å². The van der Waals surface area contributed by atoms with Crippen LogP contribution in [0.25, 0.3) is 0 Å². The fourth-order valence-electron chi connectivity index (χ4n) is 5.15. The Hall–Kier alpha value is -1.35. The molecule has 1 fully saturated rings. The van der Waals surface area contributed by atoms with Gasteiger partial charge in [-0.1, -0.05) is 66.9 Å². The Morgan fingerprint density at radius 3 is 2.62 bits per heavy atom. The lowest BCUT2D eigenvalue weighted by Crippen LogP contribution is -2.58. The van der Waals surface area contributed by atoms with E-state index in [0.29, 0.717) is 12.1 Å². The summed E-state index contributed by atoms with van der Waals surface area (Å²) < 4.78 is 0. The van der Waals surface area contributed by atoms with Gasteiger partial charge in [0.05, 0.1) is 5.54 Å². The molecule has 0 spiro atoms. The van der Waals surface area contributed by atoms with Gasteiger partial charge in [0.25, 0.3) is 0 Å². The van der Waals surface area contributed by atoms with Gasteiger partial charge in [-0.25, -0.2) is 0 Å². The number of aryl methyl sites for hydroxylation is 1. The summed E-state index contributed by atoms with van der Waals surface area (Å²) in [5, 5.41) is 8.63. The normalized spacial score (nSPS) is 28.5. The van der Waals surface area contributed by atoms with Crippen LogP contribution in [0.3, 0.4) is 0 Å². The van der Waals surface area contributed by atoms with Crippen molar-refractivity contribution in [3.8, 4) is 0 Å².